The van der Waals surface area contributed by atoms with E-state index in [1.165, 1.54) is 276 Å². The van der Waals surface area contributed by atoms with Crippen LogP contribution >= 0.6 is 7.82 Å². The van der Waals surface area contributed by atoms with E-state index in [2.05, 4.69) is 19.2 Å². The number of carbonyl (C=O) groups is 1. The first kappa shape index (κ1) is 71.2. The fourth-order valence-corrected chi connectivity index (χ4v) is 10.7. The maximum atomic E-state index is 13.0. The van der Waals surface area contributed by atoms with Crippen LogP contribution in [0.4, 0.5) is 0 Å². The number of nitrogens with one attached hydrogen (secondary N) is 1. The van der Waals surface area contributed by atoms with Crippen molar-refractivity contribution in [2.75, 3.05) is 40.9 Å². The van der Waals surface area contributed by atoms with Crippen LogP contribution < -0.4 is 10.2 Å². The highest BCUT2D eigenvalue weighted by atomic mass is 31.2. The predicted molar refractivity (Wildman–Crippen MR) is 312 cm³/mol. The largest absolute Gasteiger partial charge is 0.756 e. The molecular formula is C63H127N2O6P. The SMILES string of the molecule is CCCCCCCCCCCCCCC/C=C/[C@@H](O)[C@H](COP(=O)([O-])OCC[N+](C)(C)C)NC(=O)CCCCCCCCCCCCCCCCCCCCCCCCCCCCCCCCCCCCC. The van der Waals surface area contributed by atoms with E-state index >= 15 is 0 Å². The molecule has 9 heteroatoms. The number of nitrogens with zero attached hydrogens (tertiary/aromatic N) is 1. The van der Waals surface area contributed by atoms with E-state index < -0.39 is 20.0 Å². The molecule has 1 amide bonds. The van der Waals surface area contributed by atoms with Crippen molar-refractivity contribution in [1.29, 1.82) is 0 Å². The molecule has 2 N–H and O–H groups in total. The number of likely N-dealkylation sites (N-methyl/N-ethyl adjacent to an activating group) is 1. The average Bonchev–Trinajstić information content (AvgIpc) is 3.34. The standard InChI is InChI=1S/C63H127N2O6P/c1-6-8-10-12-14-16-18-20-22-23-24-25-26-27-28-29-30-31-32-33-34-35-36-37-38-39-40-41-43-45-47-49-51-53-55-57-63(67)64-61(60-71-72(68,69)70-59-58-65(3,4)5)62(66)56-54-52-50-48-46-44-42-21-19-17-15-13-11-9-7-2/h54,56,61-62,66H,6-53,55,57-60H2,1-5H3,(H-,64,67,68,69)/b56-54+/t61-,62+/m0/s1. The molecule has 3 atom stereocenters. The number of aliphatic hydroxyl groups excluding tert-OH is 1. The van der Waals surface area contributed by atoms with Gasteiger partial charge in [0, 0.05) is 6.42 Å². The zero-order valence-corrected chi connectivity index (χ0v) is 50.1. The van der Waals surface area contributed by atoms with Crippen molar-refractivity contribution in [2.24, 2.45) is 0 Å². The highest BCUT2D eigenvalue weighted by molar-refractivity contribution is 7.45. The Hall–Kier alpha value is -0.760. The molecule has 0 aliphatic carbocycles. The predicted octanol–water partition coefficient (Wildman–Crippen LogP) is 19.1. The van der Waals surface area contributed by atoms with Gasteiger partial charge in [0.2, 0.25) is 5.91 Å². The molecule has 0 aromatic heterocycles. The molecule has 0 spiro atoms. The highest BCUT2D eigenvalue weighted by Gasteiger charge is 2.23. The molecule has 72 heavy (non-hydrogen) atoms. The van der Waals surface area contributed by atoms with Crippen molar-refractivity contribution in [3.63, 3.8) is 0 Å². The lowest BCUT2D eigenvalue weighted by Crippen LogP contribution is -2.45. The minimum Gasteiger partial charge on any atom is -0.756 e. The molecule has 430 valence electrons. The number of rotatable bonds is 60. The van der Waals surface area contributed by atoms with Crippen molar-refractivity contribution in [3.05, 3.63) is 12.2 Å². The zero-order chi connectivity index (χ0) is 52.7. The number of allylic oxidation sites excluding steroid dienone is 1. The first-order valence-corrected chi connectivity index (χ1v) is 33.5. The topological polar surface area (TPSA) is 108 Å². The van der Waals surface area contributed by atoms with E-state index in [4.69, 9.17) is 9.05 Å². The molecule has 0 rings (SSSR count). The lowest BCUT2D eigenvalue weighted by molar-refractivity contribution is -0.870. The third kappa shape index (κ3) is 57.0. The maximum absolute atomic E-state index is 13.0. The fourth-order valence-electron chi connectivity index (χ4n) is 9.98. The number of carbonyl (C=O) groups excluding carboxylic acids is 1. The highest BCUT2D eigenvalue weighted by Crippen LogP contribution is 2.38. The average molecular weight is 1040 g/mol. The maximum Gasteiger partial charge on any atom is 0.268 e. The van der Waals surface area contributed by atoms with Gasteiger partial charge < -0.3 is 28.8 Å². The summed E-state index contributed by atoms with van der Waals surface area (Å²) >= 11 is 0. The van der Waals surface area contributed by atoms with Gasteiger partial charge in [0.15, 0.2) is 0 Å². The van der Waals surface area contributed by atoms with Gasteiger partial charge in [-0.25, -0.2) is 0 Å². The van der Waals surface area contributed by atoms with Crippen molar-refractivity contribution >= 4 is 13.7 Å². The Balaban J connectivity index is 3.92. The second-order valence-electron chi connectivity index (χ2n) is 23.5. The quantitative estimate of drug-likeness (QED) is 0.0272. The minimum absolute atomic E-state index is 0.00262. The van der Waals surface area contributed by atoms with Crippen LogP contribution in [0.3, 0.4) is 0 Å². The summed E-state index contributed by atoms with van der Waals surface area (Å²) in [7, 11) is 1.28. The normalized spacial score (nSPS) is 13.8. The Labute approximate surface area is 450 Å². The summed E-state index contributed by atoms with van der Waals surface area (Å²) in [5.41, 5.74) is 0. The molecule has 0 radical (unpaired) electrons. The molecule has 1 unspecified atom stereocenters. The number of amides is 1. The molecule has 0 fully saturated rings. The molecule has 0 aromatic rings. The van der Waals surface area contributed by atoms with E-state index in [1.54, 1.807) is 6.08 Å². The second kappa shape index (κ2) is 55.0. The fraction of sp³-hybridized carbons (Fsp3) is 0.952. The Kier molecular flexibility index (Phi) is 54.4. The van der Waals surface area contributed by atoms with Crippen LogP contribution in [0.1, 0.15) is 335 Å². The van der Waals surface area contributed by atoms with Crippen LogP contribution in [0.15, 0.2) is 12.2 Å². The molecule has 8 nitrogen and oxygen atoms in total. The minimum atomic E-state index is -4.59. The van der Waals surface area contributed by atoms with Gasteiger partial charge in [-0.1, -0.05) is 321 Å². The van der Waals surface area contributed by atoms with Crippen LogP contribution in [0, 0.1) is 0 Å². The van der Waals surface area contributed by atoms with Crippen LogP contribution in [-0.2, 0) is 18.4 Å². The first-order valence-electron chi connectivity index (χ1n) is 32.1. The zero-order valence-electron chi connectivity index (χ0n) is 49.2. The van der Waals surface area contributed by atoms with Crippen LogP contribution in [0.5, 0.6) is 0 Å². The number of aliphatic hydroxyl groups is 1. The number of hydrogen-bond acceptors (Lipinski definition) is 6. The van der Waals surface area contributed by atoms with Crippen LogP contribution in [-0.4, -0.2) is 68.5 Å². The third-order valence-corrected chi connectivity index (χ3v) is 16.0. The smallest absolute Gasteiger partial charge is 0.268 e. The molecule has 0 saturated carbocycles. The second-order valence-corrected chi connectivity index (χ2v) is 24.9. The number of quaternary nitrogens is 1. The molecular weight excluding hydrogens is 912 g/mol. The monoisotopic (exact) mass is 1040 g/mol. The van der Waals surface area contributed by atoms with Crippen molar-refractivity contribution in [1.82, 2.24) is 5.32 Å². The van der Waals surface area contributed by atoms with Gasteiger partial charge in [0.1, 0.15) is 13.2 Å². The summed E-state index contributed by atoms with van der Waals surface area (Å²) in [6.07, 6.45) is 69.0. The first-order chi connectivity index (χ1) is 35.0. The number of hydrogen-bond donors (Lipinski definition) is 2. The van der Waals surface area contributed by atoms with E-state index in [0.717, 1.165) is 38.5 Å². The molecule has 0 aromatic carbocycles. The van der Waals surface area contributed by atoms with Gasteiger partial charge in [0.05, 0.1) is 39.9 Å². The summed E-state index contributed by atoms with van der Waals surface area (Å²) in [5.74, 6) is -0.190. The lowest BCUT2D eigenvalue weighted by Gasteiger charge is -2.29. The van der Waals surface area contributed by atoms with Crippen molar-refractivity contribution in [3.8, 4) is 0 Å². The van der Waals surface area contributed by atoms with E-state index in [0.29, 0.717) is 17.4 Å². The summed E-state index contributed by atoms with van der Waals surface area (Å²) in [5, 5.41) is 13.9. The summed E-state index contributed by atoms with van der Waals surface area (Å²) in [6, 6.07) is -0.882. The Bertz CT molecular complexity index is 1180. The van der Waals surface area contributed by atoms with Gasteiger partial charge in [0.25, 0.3) is 7.82 Å². The number of unbranched alkanes of at least 4 members (excludes halogenated alkanes) is 47. The Morgan fingerprint density at radius 2 is 0.750 bits per heavy atom. The number of phosphoric ester groups is 1. The van der Waals surface area contributed by atoms with Gasteiger partial charge in [-0.05, 0) is 19.3 Å². The van der Waals surface area contributed by atoms with Gasteiger partial charge in [-0.2, -0.15) is 0 Å². The molecule has 0 bridgehead atoms. The molecule has 0 heterocycles. The van der Waals surface area contributed by atoms with Crippen LogP contribution in [0.2, 0.25) is 0 Å². The third-order valence-electron chi connectivity index (χ3n) is 15.0. The molecule has 0 saturated heterocycles. The van der Waals surface area contributed by atoms with Gasteiger partial charge >= 0.3 is 0 Å². The van der Waals surface area contributed by atoms with Crippen molar-refractivity contribution < 1.29 is 32.9 Å². The van der Waals surface area contributed by atoms with E-state index in [9.17, 15) is 19.4 Å². The Morgan fingerprint density at radius 3 is 1.04 bits per heavy atom. The van der Waals surface area contributed by atoms with Crippen molar-refractivity contribution in [2.45, 2.75) is 347 Å². The van der Waals surface area contributed by atoms with Gasteiger partial charge in [-0.15, -0.1) is 0 Å². The summed E-state index contributed by atoms with van der Waals surface area (Å²) in [4.78, 5) is 25.5. The lowest BCUT2D eigenvalue weighted by atomic mass is 10.0. The number of phosphoric acid groups is 1. The van der Waals surface area contributed by atoms with Crippen LogP contribution in [0.25, 0.3) is 0 Å². The van der Waals surface area contributed by atoms with Gasteiger partial charge in [-0.3, -0.25) is 9.36 Å². The summed E-state index contributed by atoms with van der Waals surface area (Å²) < 4.78 is 23.4. The molecule has 0 aliphatic heterocycles. The Morgan fingerprint density at radius 1 is 0.472 bits per heavy atom. The van der Waals surface area contributed by atoms with E-state index in [1.807, 2.05) is 27.2 Å². The van der Waals surface area contributed by atoms with E-state index in [-0.39, 0.29) is 19.1 Å². The molecule has 0 aliphatic rings. The summed E-state index contributed by atoms with van der Waals surface area (Å²) in [6.45, 7) is 4.70.